The number of benzene rings is 1. The molecule has 2 aromatic rings. The fourth-order valence-corrected chi connectivity index (χ4v) is 2.24. The van der Waals surface area contributed by atoms with Gasteiger partial charge in [0.2, 0.25) is 0 Å². The lowest BCUT2D eigenvalue weighted by Gasteiger charge is -2.15. The number of fused-ring (bicyclic) bond motifs is 1. The van der Waals surface area contributed by atoms with Crippen LogP contribution in [-0.2, 0) is 16.1 Å². The minimum absolute atomic E-state index is 0.238. The Bertz CT molecular complexity index is 704. The zero-order valence-corrected chi connectivity index (χ0v) is 11.8. The number of imidazole rings is 1. The van der Waals surface area contributed by atoms with E-state index in [9.17, 15) is 14.4 Å². The number of nitrogens with one attached hydrogen (secondary N) is 1. The summed E-state index contributed by atoms with van der Waals surface area (Å²) in [6, 6.07) is 6.35. The molecule has 0 spiro atoms. The minimum atomic E-state index is -0.649. The number of hydroxylamine groups is 2. The van der Waals surface area contributed by atoms with Crippen molar-refractivity contribution in [1.82, 2.24) is 15.0 Å². The van der Waals surface area contributed by atoms with Crippen molar-refractivity contribution in [2.45, 2.75) is 13.3 Å². The summed E-state index contributed by atoms with van der Waals surface area (Å²) in [6.07, 6.45) is 3.49. The smallest absolute Gasteiger partial charge is 0.336 e. The van der Waals surface area contributed by atoms with E-state index in [1.54, 1.807) is 25.3 Å². The molecule has 2 amide bonds. The second-order valence-electron chi connectivity index (χ2n) is 5.04. The van der Waals surface area contributed by atoms with Crippen LogP contribution in [0.4, 0.5) is 0 Å². The average Bonchev–Trinajstić information content (AvgIpc) is 3.10. The molecule has 1 atom stereocenters. The van der Waals surface area contributed by atoms with Crippen LogP contribution in [0, 0.1) is 5.92 Å². The fraction of sp³-hybridized carbons (Fsp3) is 0.200. The first-order chi connectivity index (χ1) is 10.6. The number of imide groups is 1. The molecule has 1 unspecified atom stereocenters. The van der Waals surface area contributed by atoms with Crippen molar-refractivity contribution < 1.29 is 19.2 Å². The maximum atomic E-state index is 12.1. The van der Waals surface area contributed by atoms with Gasteiger partial charge in [-0.25, -0.2) is 9.78 Å². The number of amides is 2. The van der Waals surface area contributed by atoms with Crippen molar-refractivity contribution in [3.05, 3.63) is 53.6 Å². The first kappa shape index (κ1) is 14.0. The van der Waals surface area contributed by atoms with Gasteiger partial charge in [-0.2, -0.15) is 0 Å². The predicted molar refractivity (Wildman–Crippen MR) is 74.5 cm³/mol. The first-order valence-corrected chi connectivity index (χ1v) is 6.75. The van der Waals surface area contributed by atoms with Crippen LogP contribution in [0.5, 0.6) is 0 Å². The molecule has 1 aromatic carbocycles. The number of rotatable bonds is 4. The van der Waals surface area contributed by atoms with E-state index >= 15 is 0 Å². The van der Waals surface area contributed by atoms with Gasteiger partial charge >= 0.3 is 5.97 Å². The van der Waals surface area contributed by atoms with Crippen molar-refractivity contribution in [2.24, 2.45) is 5.92 Å². The van der Waals surface area contributed by atoms with Gasteiger partial charge in [0.15, 0.2) is 0 Å². The minimum Gasteiger partial charge on any atom is -0.348 e. The standard InChI is InChI=1S/C15H13N3O4/c1-9(6-10-7-16-8-17-10)15(21)22-18-13(19)11-4-2-3-5-12(11)14(18)20/h2-5,7-9H,6H2,1H3,(H,16,17). The number of carbonyl (C=O) groups is 3. The van der Waals surface area contributed by atoms with Crippen LogP contribution in [0.3, 0.4) is 0 Å². The molecule has 1 aliphatic heterocycles. The Balaban J connectivity index is 1.70. The summed E-state index contributed by atoms with van der Waals surface area (Å²) in [5, 5.41) is 0.524. The van der Waals surface area contributed by atoms with E-state index in [1.807, 2.05) is 0 Å². The molecule has 7 heteroatoms. The number of hydrogen-bond acceptors (Lipinski definition) is 5. The summed E-state index contributed by atoms with van der Waals surface area (Å²) in [6.45, 7) is 1.65. The monoisotopic (exact) mass is 299 g/mol. The zero-order valence-electron chi connectivity index (χ0n) is 11.8. The maximum absolute atomic E-state index is 12.1. The summed E-state index contributed by atoms with van der Waals surface area (Å²) < 4.78 is 0. The number of hydrogen-bond donors (Lipinski definition) is 1. The highest BCUT2D eigenvalue weighted by molar-refractivity contribution is 6.20. The Hall–Kier alpha value is -2.96. The van der Waals surface area contributed by atoms with Gasteiger partial charge in [-0.3, -0.25) is 9.59 Å². The summed E-state index contributed by atoms with van der Waals surface area (Å²) >= 11 is 0. The third-order valence-corrected chi connectivity index (χ3v) is 3.42. The molecule has 112 valence electrons. The average molecular weight is 299 g/mol. The Morgan fingerprint density at radius 1 is 1.27 bits per heavy atom. The van der Waals surface area contributed by atoms with E-state index in [4.69, 9.17) is 4.84 Å². The first-order valence-electron chi connectivity index (χ1n) is 6.75. The molecule has 0 aliphatic carbocycles. The third-order valence-electron chi connectivity index (χ3n) is 3.42. The van der Waals surface area contributed by atoms with E-state index in [0.717, 1.165) is 5.69 Å². The third kappa shape index (κ3) is 2.37. The molecular formula is C15H13N3O4. The van der Waals surface area contributed by atoms with Gasteiger partial charge in [-0.15, -0.1) is 0 Å². The fourth-order valence-electron chi connectivity index (χ4n) is 2.24. The largest absolute Gasteiger partial charge is 0.348 e. The zero-order chi connectivity index (χ0) is 15.7. The van der Waals surface area contributed by atoms with Crippen LogP contribution in [0.25, 0.3) is 0 Å². The van der Waals surface area contributed by atoms with E-state index in [1.165, 1.54) is 18.5 Å². The molecule has 7 nitrogen and oxygen atoms in total. The molecule has 1 N–H and O–H groups in total. The van der Waals surface area contributed by atoms with Crippen molar-refractivity contribution in [1.29, 1.82) is 0 Å². The number of carbonyl (C=O) groups excluding carboxylic acids is 3. The Morgan fingerprint density at radius 3 is 2.45 bits per heavy atom. The Morgan fingerprint density at radius 2 is 1.91 bits per heavy atom. The van der Waals surface area contributed by atoms with Gasteiger partial charge in [0.25, 0.3) is 11.8 Å². The van der Waals surface area contributed by atoms with Crippen molar-refractivity contribution in [3.8, 4) is 0 Å². The lowest BCUT2D eigenvalue weighted by atomic mass is 10.1. The van der Waals surface area contributed by atoms with Crippen molar-refractivity contribution >= 4 is 17.8 Å². The molecule has 0 saturated heterocycles. The molecule has 0 fully saturated rings. The Labute approximate surface area is 125 Å². The topological polar surface area (TPSA) is 92.4 Å². The van der Waals surface area contributed by atoms with Crippen LogP contribution >= 0.6 is 0 Å². The van der Waals surface area contributed by atoms with Gasteiger partial charge in [0, 0.05) is 18.3 Å². The van der Waals surface area contributed by atoms with Crippen LogP contribution in [0.15, 0.2) is 36.8 Å². The van der Waals surface area contributed by atoms with Gasteiger partial charge in [0.1, 0.15) is 0 Å². The highest BCUT2D eigenvalue weighted by Crippen LogP contribution is 2.23. The number of H-pyrrole nitrogens is 1. The van der Waals surface area contributed by atoms with E-state index in [-0.39, 0.29) is 11.1 Å². The van der Waals surface area contributed by atoms with E-state index in [2.05, 4.69) is 9.97 Å². The molecule has 0 radical (unpaired) electrons. The molecule has 2 heterocycles. The predicted octanol–water partition coefficient (Wildman–Crippen LogP) is 1.34. The van der Waals surface area contributed by atoms with Crippen LogP contribution in [0.2, 0.25) is 0 Å². The molecule has 1 aliphatic rings. The van der Waals surface area contributed by atoms with Gasteiger partial charge in [-0.05, 0) is 12.1 Å². The quantitative estimate of drug-likeness (QED) is 0.860. The molecule has 22 heavy (non-hydrogen) atoms. The van der Waals surface area contributed by atoms with Crippen molar-refractivity contribution in [3.63, 3.8) is 0 Å². The SMILES string of the molecule is CC(Cc1cnc[nH]1)C(=O)ON1C(=O)c2ccccc2C1=O. The second-order valence-corrected chi connectivity index (χ2v) is 5.04. The van der Waals surface area contributed by atoms with Gasteiger partial charge in [-0.1, -0.05) is 24.1 Å². The van der Waals surface area contributed by atoms with E-state index in [0.29, 0.717) is 11.5 Å². The second kappa shape index (κ2) is 5.44. The summed E-state index contributed by atoms with van der Waals surface area (Å²) in [5.41, 5.74) is 1.25. The van der Waals surface area contributed by atoms with Crippen molar-refractivity contribution in [2.75, 3.05) is 0 Å². The normalized spacial score (nSPS) is 14.9. The van der Waals surface area contributed by atoms with Gasteiger partial charge in [0.05, 0.1) is 23.4 Å². The van der Waals surface area contributed by atoms with Crippen LogP contribution in [-0.4, -0.2) is 32.8 Å². The highest BCUT2D eigenvalue weighted by atomic mass is 16.7. The molecule has 3 rings (SSSR count). The molecule has 1 aromatic heterocycles. The van der Waals surface area contributed by atoms with Crippen LogP contribution < -0.4 is 0 Å². The van der Waals surface area contributed by atoms with Gasteiger partial charge < -0.3 is 9.82 Å². The molecule has 0 bridgehead atoms. The van der Waals surface area contributed by atoms with Crippen LogP contribution in [0.1, 0.15) is 33.3 Å². The lowest BCUT2D eigenvalue weighted by molar-refractivity contribution is -0.173. The summed E-state index contributed by atoms with van der Waals surface area (Å²) in [4.78, 5) is 48.0. The Kier molecular flexibility index (Phi) is 3.46. The summed E-state index contributed by atoms with van der Waals surface area (Å²) in [5.74, 6) is -2.42. The number of aromatic amines is 1. The summed E-state index contributed by atoms with van der Waals surface area (Å²) in [7, 11) is 0. The number of nitrogens with zero attached hydrogens (tertiary/aromatic N) is 2. The highest BCUT2D eigenvalue weighted by Gasteiger charge is 2.39. The molecular weight excluding hydrogens is 286 g/mol. The van der Waals surface area contributed by atoms with E-state index < -0.39 is 23.7 Å². The molecule has 0 saturated carbocycles. The maximum Gasteiger partial charge on any atom is 0.336 e. The lowest BCUT2D eigenvalue weighted by Crippen LogP contribution is -2.35. The number of aromatic nitrogens is 2.